The number of fused-ring (bicyclic) bond motifs is 1. The Kier molecular flexibility index (Phi) is 3.02. The number of carbonyl (C=O) groups excluding carboxylic acids is 1. The van der Waals surface area contributed by atoms with Gasteiger partial charge in [0, 0.05) is 11.6 Å². The molecular weight excluding hydrogens is 256 g/mol. The highest BCUT2D eigenvalue weighted by Crippen LogP contribution is 2.22. The summed E-state index contributed by atoms with van der Waals surface area (Å²) in [4.78, 5) is 16.5. The number of nitrogens with one attached hydrogen (secondary N) is 3. The van der Waals surface area contributed by atoms with Crippen LogP contribution >= 0.6 is 0 Å². The summed E-state index contributed by atoms with van der Waals surface area (Å²) in [6.45, 7) is 0. The standard InChI is InChI=1S/C13H12N6O/c14-19-11-5-12(13(20)17-8-6-15-16-7-8)18-10-4-2-1-3-9(10)11/h1-7H,14H2,(H,15,16)(H,17,20)(H,18,19). The average molecular weight is 268 g/mol. The molecule has 3 rings (SSSR count). The summed E-state index contributed by atoms with van der Waals surface area (Å²) in [5.41, 5.74) is 4.78. The summed E-state index contributed by atoms with van der Waals surface area (Å²) < 4.78 is 0. The Morgan fingerprint density at radius 2 is 2.15 bits per heavy atom. The van der Waals surface area contributed by atoms with Crippen molar-refractivity contribution in [3.63, 3.8) is 0 Å². The van der Waals surface area contributed by atoms with E-state index in [9.17, 15) is 4.79 Å². The SMILES string of the molecule is NNc1cc(C(=O)Nc2cn[nH]c2)nc2ccccc12. The first-order valence-corrected chi connectivity index (χ1v) is 5.94. The Labute approximate surface area is 114 Å². The zero-order valence-corrected chi connectivity index (χ0v) is 10.4. The Bertz CT molecular complexity index is 753. The van der Waals surface area contributed by atoms with Crippen LogP contribution in [0.1, 0.15) is 10.5 Å². The summed E-state index contributed by atoms with van der Waals surface area (Å²) in [6.07, 6.45) is 3.10. The zero-order valence-electron chi connectivity index (χ0n) is 10.4. The minimum Gasteiger partial charge on any atom is -0.323 e. The first-order valence-electron chi connectivity index (χ1n) is 5.94. The smallest absolute Gasteiger partial charge is 0.274 e. The van der Waals surface area contributed by atoms with Gasteiger partial charge in [-0.25, -0.2) is 4.98 Å². The minimum atomic E-state index is -0.325. The highest BCUT2D eigenvalue weighted by atomic mass is 16.1. The van der Waals surface area contributed by atoms with E-state index in [4.69, 9.17) is 5.84 Å². The van der Waals surface area contributed by atoms with Gasteiger partial charge in [-0.05, 0) is 12.1 Å². The predicted octanol–water partition coefficient (Wildman–Crippen LogP) is 1.50. The Morgan fingerprint density at radius 1 is 1.30 bits per heavy atom. The molecule has 0 aliphatic carbocycles. The van der Waals surface area contributed by atoms with E-state index in [0.29, 0.717) is 16.9 Å². The van der Waals surface area contributed by atoms with Crippen LogP contribution in [0.15, 0.2) is 42.7 Å². The number of hydrogen-bond acceptors (Lipinski definition) is 5. The molecule has 100 valence electrons. The highest BCUT2D eigenvalue weighted by molar-refractivity contribution is 6.06. The van der Waals surface area contributed by atoms with E-state index < -0.39 is 0 Å². The largest absolute Gasteiger partial charge is 0.323 e. The van der Waals surface area contributed by atoms with Crippen LogP contribution in [0.2, 0.25) is 0 Å². The first-order chi connectivity index (χ1) is 9.78. The number of pyridine rings is 1. The fraction of sp³-hybridized carbons (Fsp3) is 0. The van der Waals surface area contributed by atoms with Crippen LogP contribution in [0.3, 0.4) is 0 Å². The molecule has 0 spiro atoms. The second kappa shape index (κ2) is 4.98. The summed E-state index contributed by atoms with van der Waals surface area (Å²) in [5, 5.41) is 9.93. The lowest BCUT2D eigenvalue weighted by Crippen LogP contribution is -2.15. The van der Waals surface area contributed by atoms with Crippen molar-refractivity contribution in [3.8, 4) is 0 Å². The molecule has 0 aliphatic heterocycles. The molecule has 5 N–H and O–H groups in total. The molecule has 0 bridgehead atoms. The van der Waals surface area contributed by atoms with Crippen LogP contribution in [0.5, 0.6) is 0 Å². The third-order valence-electron chi connectivity index (χ3n) is 2.86. The van der Waals surface area contributed by atoms with Crippen molar-refractivity contribution in [1.82, 2.24) is 15.2 Å². The second-order valence-electron chi connectivity index (χ2n) is 4.16. The molecule has 0 saturated heterocycles. The van der Waals surface area contributed by atoms with Crippen molar-refractivity contribution < 1.29 is 4.79 Å². The number of nitrogen functional groups attached to an aromatic ring is 1. The van der Waals surface area contributed by atoms with Crippen molar-refractivity contribution in [2.75, 3.05) is 10.7 Å². The topological polar surface area (TPSA) is 109 Å². The molecule has 0 fully saturated rings. The van der Waals surface area contributed by atoms with E-state index in [1.807, 2.05) is 24.3 Å². The van der Waals surface area contributed by atoms with E-state index in [2.05, 4.69) is 25.9 Å². The van der Waals surface area contributed by atoms with Gasteiger partial charge in [-0.15, -0.1) is 0 Å². The van der Waals surface area contributed by atoms with Crippen molar-refractivity contribution in [2.24, 2.45) is 5.84 Å². The van der Waals surface area contributed by atoms with Crippen LogP contribution in [0.4, 0.5) is 11.4 Å². The van der Waals surface area contributed by atoms with Gasteiger partial charge in [0.2, 0.25) is 0 Å². The minimum absolute atomic E-state index is 0.276. The highest BCUT2D eigenvalue weighted by Gasteiger charge is 2.12. The molecule has 0 aliphatic rings. The van der Waals surface area contributed by atoms with Gasteiger partial charge < -0.3 is 10.7 Å². The van der Waals surface area contributed by atoms with Gasteiger partial charge >= 0.3 is 0 Å². The number of aromatic amines is 1. The molecule has 20 heavy (non-hydrogen) atoms. The zero-order chi connectivity index (χ0) is 13.9. The van der Waals surface area contributed by atoms with E-state index >= 15 is 0 Å². The van der Waals surface area contributed by atoms with Gasteiger partial charge in [0.05, 0.1) is 23.1 Å². The first kappa shape index (κ1) is 12.1. The summed E-state index contributed by atoms with van der Waals surface area (Å²) >= 11 is 0. The number of nitrogens with zero attached hydrogens (tertiary/aromatic N) is 2. The maximum atomic E-state index is 12.1. The van der Waals surface area contributed by atoms with Gasteiger partial charge in [-0.3, -0.25) is 15.7 Å². The number of nitrogens with two attached hydrogens (primary N) is 1. The molecule has 0 atom stereocenters. The third-order valence-corrected chi connectivity index (χ3v) is 2.86. The summed E-state index contributed by atoms with van der Waals surface area (Å²) in [5.74, 6) is 5.17. The molecule has 0 saturated carbocycles. The van der Waals surface area contributed by atoms with E-state index in [1.54, 1.807) is 12.3 Å². The Balaban J connectivity index is 2.01. The van der Waals surface area contributed by atoms with Crippen molar-refractivity contribution in [3.05, 3.63) is 48.4 Å². The Morgan fingerprint density at radius 3 is 2.90 bits per heavy atom. The van der Waals surface area contributed by atoms with Crippen molar-refractivity contribution >= 4 is 28.2 Å². The normalized spacial score (nSPS) is 10.4. The fourth-order valence-electron chi connectivity index (χ4n) is 1.93. The van der Waals surface area contributed by atoms with Gasteiger partial charge in [-0.1, -0.05) is 18.2 Å². The van der Waals surface area contributed by atoms with Crippen molar-refractivity contribution in [2.45, 2.75) is 0 Å². The number of anilines is 2. The Hall–Kier alpha value is -2.93. The molecule has 1 amide bonds. The lowest BCUT2D eigenvalue weighted by molar-refractivity contribution is 0.102. The summed E-state index contributed by atoms with van der Waals surface area (Å²) in [6, 6.07) is 9.06. The molecule has 0 unspecified atom stereocenters. The quantitative estimate of drug-likeness (QED) is 0.425. The van der Waals surface area contributed by atoms with E-state index in [-0.39, 0.29) is 11.6 Å². The number of aromatic nitrogens is 3. The lowest BCUT2D eigenvalue weighted by atomic mass is 10.1. The van der Waals surface area contributed by atoms with Gasteiger partial charge in [-0.2, -0.15) is 5.10 Å². The molecule has 2 aromatic heterocycles. The number of para-hydroxylation sites is 1. The summed E-state index contributed by atoms with van der Waals surface area (Å²) in [7, 11) is 0. The van der Waals surface area contributed by atoms with Crippen LogP contribution in [0.25, 0.3) is 10.9 Å². The van der Waals surface area contributed by atoms with E-state index in [0.717, 1.165) is 5.39 Å². The second-order valence-corrected chi connectivity index (χ2v) is 4.16. The van der Waals surface area contributed by atoms with Gasteiger partial charge in [0.15, 0.2) is 0 Å². The molecule has 3 aromatic rings. The monoisotopic (exact) mass is 268 g/mol. The molecular formula is C13H12N6O. The molecule has 2 heterocycles. The van der Waals surface area contributed by atoms with Gasteiger partial charge in [0.25, 0.3) is 5.91 Å². The van der Waals surface area contributed by atoms with Crippen molar-refractivity contribution in [1.29, 1.82) is 0 Å². The van der Waals surface area contributed by atoms with E-state index in [1.165, 1.54) is 6.20 Å². The number of carbonyl (C=O) groups is 1. The number of hydrogen-bond donors (Lipinski definition) is 4. The number of hydrazine groups is 1. The number of rotatable bonds is 3. The lowest BCUT2D eigenvalue weighted by Gasteiger charge is -2.08. The van der Waals surface area contributed by atoms with Crippen LogP contribution in [0, 0.1) is 0 Å². The average Bonchev–Trinajstić information content (AvgIpc) is 2.99. The number of benzene rings is 1. The van der Waals surface area contributed by atoms with Gasteiger partial charge in [0.1, 0.15) is 5.69 Å². The maximum Gasteiger partial charge on any atom is 0.274 e. The maximum absolute atomic E-state index is 12.1. The number of H-pyrrole nitrogens is 1. The third kappa shape index (κ3) is 2.17. The van der Waals surface area contributed by atoms with Crippen LogP contribution < -0.4 is 16.6 Å². The molecule has 7 nitrogen and oxygen atoms in total. The fourth-order valence-corrected chi connectivity index (χ4v) is 1.93. The number of amides is 1. The molecule has 7 heteroatoms. The molecule has 0 radical (unpaired) electrons. The van der Waals surface area contributed by atoms with Crippen LogP contribution in [-0.2, 0) is 0 Å². The molecule has 1 aromatic carbocycles. The van der Waals surface area contributed by atoms with Crippen LogP contribution in [-0.4, -0.2) is 21.1 Å². The predicted molar refractivity (Wildman–Crippen MR) is 76.1 cm³/mol.